The summed E-state index contributed by atoms with van der Waals surface area (Å²) < 4.78 is 9.74. The fourth-order valence-corrected chi connectivity index (χ4v) is 0.724. The van der Waals surface area contributed by atoms with E-state index in [4.69, 9.17) is 26.3 Å². The minimum absolute atomic E-state index is 0.188. The smallest absolute Gasteiger partial charge is 0.348 e. The van der Waals surface area contributed by atoms with E-state index in [1.807, 2.05) is 0 Å². The molecule has 0 amide bonds. The maximum atomic E-state index is 10.9. The van der Waals surface area contributed by atoms with E-state index in [0.717, 1.165) is 0 Å². The van der Waals surface area contributed by atoms with E-state index in [1.165, 1.54) is 0 Å². The van der Waals surface area contributed by atoms with Gasteiger partial charge in [-0.1, -0.05) is 6.58 Å². The molecule has 0 aliphatic heterocycles. The second kappa shape index (κ2) is 8.54. The van der Waals surface area contributed by atoms with Crippen molar-refractivity contribution in [1.29, 1.82) is 5.26 Å². The van der Waals surface area contributed by atoms with Gasteiger partial charge in [0.05, 0.1) is 13.2 Å². The molecule has 0 atom stereocenters. The maximum Gasteiger partial charge on any atom is 0.348 e. The van der Waals surface area contributed by atoms with E-state index in [9.17, 15) is 4.79 Å². The first-order chi connectivity index (χ1) is 6.72. The maximum absolute atomic E-state index is 10.9. The molecule has 0 rings (SSSR count). The summed E-state index contributed by atoms with van der Waals surface area (Å²) in [6, 6.07) is 1.61. The number of hydrogen-bond donors (Lipinski definition) is 0. The van der Waals surface area contributed by atoms with Crippen LogP contribution in [0.1, 0.15) is 6.42 Å². The summed E-state index contributed by atoms with van der Waals surface area (Å²) in [7, 11) is 0. The first kappa shape index (κ1) is 12.9. The first-order valence-electron chi connectivity index (χ1n) is 4.12. The molecule has 0 aromatic rings. The van der Waals surface area contributed by atoms with Crippen molar-refractivity contribution in [2.75, 3.05) is 25.7 Å². The number of carbonyl (C=O) groups excluding carboxylic acids is 1. The lowest BCUT2D eigenvalue weighted by Gasteiger charge is -2.03. The Morgan fingerprint density at radius 2 is 2.14 bits per heavy atom. The summed E-state index contributed by atoms with van der Waals surface area (Å²) in [5.41, 5.74) is -0.188. The van der Waals surface area contributed by atoms with Crippen LogP contribution < -0.4 is 0 Å². The Bertz CT molecular complexity index is 235. The molecule has 0 heterocycles. The Hall–Kier alpha value is -1.05. The zero-order valence-corrected chi connectivity index (χ0v) is 8.55. The number of nitriles is 1. The van der Waals surface area contributed by atoms with Crippen molar-refractivity contribution in [2.45, 2.75) is 6.42 Å². The molecule has 0 radical (unpaired) electrons. The van der Waals surface area contributed by atoms with Gasteiger partial charge in [0.15, 0.2) is 0 Å². The van der Waals surface area contributed by atoms with E-state index in [1.54, 1.807) is 6.07 Å². The molecule has 0 aliphatic carbocycles. The summed E-state index contributed by atoms with van der Waals surface area (Å²) in [6.07, 6.45) is 0.585. The highest BCUT2D eigenvalue weighted by Crippen LogP contribution is 1.94. The lowest BCUT2D eigenvalue weighted by atomic mass is 10.3. The fourth-order valence-electron chi connectivity index (χ4n) is 0.615. The van der Waals surface area contributed by atoms with Crippen LogP contribution in [0.5, 0.6) is 0 Å². The molecule has 0 aliphatic rings. The van der Waals surface area contributed by atoms with Crippen LogP contribution in [0.15, 0.2) is 12.2 Å². The molecule has 5 heteroatoms. The summed E-state index contributed by atoms with van der Waals surface area (Å²) in [5.74, 6) is -0.227. The molecule has 0 unspecified atom stereocenters. The highest BCUT2D eigenvalue weighted by atomic mass is 35.5. The first-order valence-corrected chi connectivity index (χ1v) is 4.65. The number of nitrogens with zero attached hydrogens (tertiary/aromatic N) is 1. The van der Waals surface area contributed by atoms with Gasteiger partial charge in [-0.05, 0) is 0 Å². The summed E-state index contributed by atoms with van der Waals surface area (Å²) >= 11 is 5.37. The normalized spacial score (nSPS) is 9.14. The van der Waals surface area contributed by atoms with Gasteiger partial charge in [-0.25, -0.2) is 4.79 Å². The average molecular weight is 218 g/mol. The molecular weight excluding hydrogens is 206 g/mol. The average Bonchev–Trinajstić information content (AvgIpc) is 2.21. The number of ether oxygens (including phenoxy) is 2. The zero-order valence-electron chi connectivity index (χ0n) is 7.79. The van der Waals surface area contributed by atoms with Crippen molar-refractivity contribution in [1.82, 2.24) is 0 Å². The minimum Gasteiger partial charge on any atom is -0.461 e. The second-order valence-electron chi connectivity index (χ2n) is 2.38. The van der Waals surface area contributed by atoms with Crippen LogP contribution >= 0.6 is 11.6 Å². The third-order valence-electron chi connectivity index (χ3n) is 1.27. The van der Waals surface area contributed by atoms with Crippen molar-refractivity contribution in [3.8, 4) is 6.07 Å². The number of hydrogen-bond acceptors (Lipinski definition) is 4. The van der Waals surface area contributed by atoms with Crippen LogP contribution in [0.3, 0.4) is 0 Å². The monoisotopic (exact) mass is 217 g/mol. The molecule has 0 aromatic carbocycles. The van der Waals surface area contributed by atoms with Crippen molar-refractivity contribution < 1.29 is 14.3 Å². The SMILES string of the molecule is C=C(C#N)C(=O)OCCCOCCCl. The Kier molecular flexibility index (Phi) is 7.90. The van der Waals surface area contributed by atoms with E-state index in [2.05, 4.69) is 6.58 Å². The molecule has 0 fully saturated rings. The Balaban J connectivity index is 3.33. The second-order valence-corrected chi connectivity index (χ2v) is 2.76. The fraction of sp³-hybridized carbons (Fsp3) is 0.556. The lowest BCUT2D eigenvalue weighted by molar-refractivity contribution is -0.138. The van der Waals surface area contributed by atoms with Crippen LogP contribution in [-0.4, -0.2) is 31.7 Å². The van der Waals surface area contributed by atoms with Gasteiger partial charge in [-0.15, -0.1) is 11.6 Å². The molecule has 0 saturated carbocycles. The molecule has 0 N–H and O–H groups in total. The van der Waals surface area contributed by atoms with Gasteiger partial charge in [0.1, 0.15) is 11.6 Å². The minimum atomic E-state index is -0.676. The van der Waals surface area contributed by atoms with E-state index >= 15 is 0 Å². The number of halogens is 1. The molecular formula is C9H12ClNO3. The highest BCUT2D eigenvalue weighted by Gasteiger charge is 2.05. The van der Waals surface area contributed by atoms with Crippen LogP contribution in [0.4, 0.5) is 0 Å². The predicted octanol–water partition coefficient (Wildman–Crippen LogP) is 1.25. The van der Waals surface area contributed by atoms with Crippen molar-refractivity contribution in [3.63, 3.8) is 0 Å². The number of esters is 1. The van der Waals surface area contributed by atoms with E-state index in [0.29, 0.717) is 25.5 Å². The van der Waals surface area contributed by atoms with Gasteiger partial charge in [0, 0.05) is 18.9 Å². The number of carbonyl (C=O) groups is 1. The zero-order chi connectivity index (χ0) is 10.8. The van der Waals surface area contributed by atoms with Gasteiger partial charge < -0.3 is 9.47 Å². The predicted molar refractivity (Wildman–Crippen MR) is 51.9 cm³/mol. The lowest BCUT2D eigenvalue weighted by Crippen LogP contribution is -2.09. The van der Waals surface area contributed by atoms with Crippen LogP contribution in [0, 0.1) is 11.3 Å². The highest BCUT2D eigenvalue weighted by molar-refractivity contribution is 6.17. The largest absolute Gasteiger partial charge is 0.461 e. The van der Waals surface area contributed by atoms with Gasteiger partial charge >= 0.3 is 5.97 Å². The van der Waals surface area contributed by atoms with Gasteiger partial charge in [-0.3, -0.25) is 0 Å². The van der Waals surface area contributed by atoms with E-state index < -0.39 is 5.97 Å². The number of alkyl halides is 1. The molecule has 14 heavy (non-hydrogen) atoms. The van der Waals surface area contributed by atoms with Crippen LogP contribution in [0.2, 0.25) is 0 Å². The molecule has 0 aromatic heterocycles. The van der Waals surface area contributed by atoms with Crippen molar-refractivity contribution in [2.24, 2.45) is 0 Å². The van der Waals surface area contributed by atoms with Gasteiger partial charge in [0.25, 0.3) is 0 Å². The Morgan fingerprint density at radius 1 is 1.43 bits per heavy atom. The quantitative estimate of drug-likeness (QED) is 0.212. The number of rotatable bonds is 7. The van der Waals surface area contributed by atoms with Gasteiger partial charge in [0.2, 0.25) is 0 Å². The van der Waals surface area contributed by atoms with E-state index in [-0.39, 0.29) is 12.2 Å². The molecule has 78 valence electrons. The van der Waals surface area contributed by atoms with Gasteiger partial charge in [-0.2, -0.15) is 5.26 Å². The van der Waals surface area contributed by atoms with Crippen LogP contribution in [-0.2, 0) is 14.3 Å². The Labute approximate surface area is 88.1 Å². The van der Waals surface area contributed by atoms with Crippen molar-refractivity contribution in [3.05, 3.63) is 12.2 Å². The molecule has 4 nitrogen and oxygen atoms in total. The molecule has 0 bridgehead atoms. The standard InChI is InChI=1S/C9H12ClNO3/c1-8(7-11)9(12)14-5-2-4-13-6-3-10/h1-6H2. The van der Waals surface area contributed by atoms with Crippen LogP contribution in [0.25, 0.3) is 0 Å². The molecule has 0 spiro atoms. The summed E-state index contributed by atoms with van der Waals surface area (Å²) in [4.78, 5) is 10.9. The topological polar surface area (TPSA) is 59.3 Å². The Morgan fingerprint density at radius 3 is 2.71 bits per heavy atom. The summed E-state index contributed by atoms with van der Waals surface area (Å²) in [6.45, 7) is 4.41. The van der Waals surface area contributed by atoms with Crippen molar-refractivity contribution >= 4 is 17.6 Å². The summed E-state index contributed by atoms with van der Waals surface area (Å²) in [5, 5.41) is 8.29. The third kappa shape index (κ3) is 6.46. The molecule has 0 saturated heterocycles. The third-order valence-corrected chi connectivity index (χ3v) is 1.42.